The summed E-state index contributed by atoms with van der Waals surface area (Å²) in [5.41, 5.74) is 3.53. The SMILES string of the molecule is CCCCOc1cccc(C(=O)N(CCn2nc(C)cc2C)c2nc3ccccc3s2)c1. The molecule has 0 bridgehead atoms. The second kappa shape index (κ2) is 9.96. The topological polar surface area (TPSA) is 60.2 Å². The molecule has 0 radical (unpaired) electrons. The molecular weight excluding hydrogens is 420 g/mol. The van der Waals surface area contributed by atoms with E-state index in [2.05, 4.69) is 12.0 Å². The van der Waals surface area contributed by atoms with Crippen LogP contribution in [0.15, 0.2) is 54.6 Å². The summed E-state index contributed by atoms with van der Waals surface area (Å²) in [6, 6.07) is 17.4. The highest BCUT2D eigenvalue weighted by Crippen LogP contribution is 2.30. The standard InChI is InChI=1S/C25H28N4O2S/c1-4-5-15-31-21-10-8-9-20(17-21)24(30)28(13-14-29-19(3)16-18(2)27-29)25-26-22-11-6-7-12-23(22)32-25/h6-12,16-17H,4-5,13-15H2,1-3H3. The molecule has 2 aromatic heterocycles. The molecule has 2 heterocycles. The van der Waals surface area contributed by atoms with E-state index in [1.165, 1.54) is 11.3 Å². The van der Waals surface area contributed by atoms with Crippen molar-refractivity contribution in [2.75, 3.05) is 18.1 Å². The van der Waals surface area contributed by atoms with Crippen LogP contribution < -0.4 is 9.64 Å². The molecule has 0 aliphatic carbocycles. The number of amides is 1. The van der Waals surface area contributed by atoms with E-state index in [0.717, 1.165) is 34.4 Å². The number of aromatic nitrogens is 3. The molecule has 4 rings (SSSR count). The number of benzene rings is 2. The van der Waals surface area contributed by atoms with Gasteiger partial charge in [-0.25, -0.2) is 4.98 Å². The molecule has 0 saturated carbocycles. The summed E-state index contributed by atoms with van der Waals surface area (Å²) in [6.45, 7) is 7.84. The van der Waals surface area contributed by atoms with Gasteiger partial charge in [0, 0.05) is 17.8 Å². The fourth-order valence-electron chi connectivity index (χ4n) is 3.56. The first-order chi connectivity index (χ1) is 15.5. The quantitative estimate of drug-likeness (QED) is 0.311. The highest BCUT2D eigenvalue weighted by Gasteiger charge is 2.22. The van der Waals surface area contributed by atoms with E-state index >= 15 is 0 Å². The Kier molecular flexibility index (Phi) is 6.85. The maximum Gasteiger partial charge on any atom is 0.260 e. The number of aryl methyl sites for hydroxylation is 2. The Hall–Kier alpha value is -3.19. The largest absolute Gasteiger partial charge is 0.494 e. The number of hydrogen-bond acceptors (Lipinski definition) is 5. The minimum atomic E-state index is -0.0912. The summed E-state index contributed by atoms with van der Waals surface area (Å²) in [6.07, 6.45) is 2.05. The second-order valence-corrected chi connectivity index (χ2v) is 8.81. The molecule has 7 heteroatoms. The predicted octanol–water partition coefficient (Wildman–Crippen LogP) is 5.64. The van der Waals surface area contributed by atoms with Crippen LogP contribution in [0.1, 0.15) is 41.5 Å². The van der Waals surface area contributed by atoms with Crippen LogP contribution in [0.4, 0.5) is 5.13 Å². The smallest absolute Gasteiger partial charge is 0.260 e. The van der Waals surface area contributed by atoms with Crippen molar-refractivity contribution in [1.29, 1.82) is 0 Å². The predicted molar refractivity (Wildman–Crippen MR) is 130 cm³/mol. The summed E-state index contributed by atoms with van der Waals surface area (Å²) in [5, 5.41) is 5.24. The van der Waals surface area contributed by atoms with Crippen LogP contribution in [-0.4, -0.2) is 33.8 Å². The molecular formula is C25H28N4O2S. The van der Waals surface area contributed by atoms with E-state index in [1.807, 2.05) is 73.1 Å². The average molecular weight is 449 g/mol. The number of carbonyl (C=O) groups is 1. The van der Waals surface area contributed by atoms with Crippen molar-refractivity contribution in [3.63, 3.8) is 0 Å². The number of rotatable bonds is 9. The zero-order valence-electron chi connectivity index (χ0n) is 18.7. The Morgan fingerprint density at radius 1 is 1.12 bits per heavy atom. The molecule has 0 aliphatic rings. The van der Waals surface area contributed by atoms with Crippen LogP contribution in [0.3, 0.4) is 0 Å². The minimum absolute atomic E-state index is 0.0912. The third kappa shape index (κ3) is 4.99. The van der Waals surface area contributed by atoms with Crippen molar-refractivity contribution in [3.05, 3.63) is 71.5 Å². The van der Waals surface area contributed by atoms with Gasteiger partial charge in [-0.15, -0.1) is 0 Å². The molecule has 0 atom stereocenters. The highest BCUT2D eigenvalue weighted by atomic mass is 32.1. The molecule has 0 saturated heterocycles. The van der Waals surface area contributed by atoms with Crippen LogP contribution in [0, 0.1) is 13.8 Å². The van der Waals surface area contributed by atoms with E-state index in [-0.39, 0.29) is 5.91 Å². The van der Waals surface area contributed by atoms with Gasteiger partial charge in [-0.05, 0) is 56.7 Å². The van der Waals surface area contributed by atoms with Crippen molar-refractivity contribution < 1.29 is 9.53 Å². The van der Waals surface area contributed by atoms with Gasteiger partial charge in [0.15, 0.2) is 5.13 Å². The number of fused-ring (bicyclic) bond motifs is 1. The van der Waals surface area contributed by atoms with Crippen LogP contribution in [0.2, 0.25) is 0 Å². The third-order valence-corrected chi connectivity index (χ3v) is 6.30. The van der Waals surface area contributed by atoms with Gasteiger partial charge in [0.25, 0.3) is 5.91 Å². The van der Waals surface area contributed by atoms with Gasteiger partial charge in [0.2, 0.25) is 0 Å². The first-order valence-corrected chi connectivity index (χ1v) is 11.8. The Morgan fingerprint density at radius 3 is 2.72 bits per heavy atom. The Bertz CT molecular complexity index is 1180. The summed E-state index contributed by atoms with van der Waals surface area (Å²) in [7, 11) is 0. The van der Waals surface area contributed by atoms with Crippen LogP contribution in [0.5, 0.6) is 5.75 Å². The maximum absolute atomic E-state index is 13.6. The van der Waals surface area contributed by atoms with Gasteiger partial charge in [0.05, 0.1) is 29.1 Å². The molecule has 0 fully saturated rings. The number of para-hydroxylation sites is 1. The Morgan fingerprint density at radius 2 is 1.97 bits per heavy atom. The lowest BCUT2D eigenvalue weighted by Gasteiger charge is -2.21. The van der Waals surface area contributed by atoms with Gasteiger partial charge in [-0.1, -0.05) is 42.9 Å². The first kappa shape index (κ1) is 22.0. The van der Waals surface area contributed by atoms with Crippen molar-refractivity contribution in [1.82, 2.24) is 14.8 Å². The van der Waals surface area contributed by atoms with Gasteiger partial charge in [0.1, 0.15) is 5.75 Å². The van der Waals surface area contributed by atoms with E-state index in [4.69, 9.17) is 9.72 Å². The van der Waals surface area contributed by atoms with Crippen LogP contribution in [0.25, 0.3) is 10.2 Å². The Labute approximate surface area is 192 Å². The molecule has 32 heavy (non-hydrogen) atoms. The fraction of sp³-hybridized carbons (Fsp3) is 0.320. The summed E-state index contributed by atoms with van der Waals surface area (Å²) in [4.78, 5) is 20.1. The summed E-state index contributed by atoms with van der Waals surface area (Å²) in [5.74, 6) is 0.624. The molecule has 1 amide bonds. The van der Waals surface area contributed by atoms with Crippen molar-refractivity contribution in [2.24, 2.45) is 0 Å². The molecule has 2 aromatic carbocycles. The molecule has 4 aromatic rings. The second-order valence-electron chi connectivity index (χ2n) is 7.80. The van der Waals surface area contributed by atoms with Gasteiger partial charge in [-0.3, -0.25) is 14.4 Å². The molecule has 0 spiro atoms. The molecule has 0 N–H and O–H groups in total. The number of anilines is 1. The lowest BCUT2D eigenvalue weighted by molar-refractivity contribution is 0.0985. The minimum Gasteiger partial charge on any atom is -0.494 e. The van der Waals surface area contributed by atoms with E-state index < -0.39 is 0 Å². The number of carbonyl (C=O) groups excluding carboxylic acids is 1. The fourth-order valence-corrected chi connectivity index (χ4v) is 4.55. The van der Waals surface area contributed by atoms with Gasteiger partial charge >= 0.3 is 0 Å². The van der Waals surface area contributed by atoms with Crippen LogP contribution >= 0.6 is 11.3 Å². The zero-order chi connectivity index (χ0) is 22.5. The molecule has 0 aliphatic heterocycles. The van der Waals surface area contributed by atoms with E-state index in [0.29, 0.717) is 36.1 Å². The summed E-state index contributed by atoms with van der Waals surface area (Å²) < 4.78 is 8.82. The van der Waals surface area contributed by atoms with Gasteiger partial charge < -0.3 is 4.74 Å². The first-order valence-electron chi connectivity index (χ1n) is 11.0. The summed E-state index contributed by atoms with van der Waals surface area (Å²) >= 11 is 1.53. The van der Waals surface area contributed by atoms with E-state index in [9.17, 15) is 4.79 Å². The van der Waals surface area contributed by atoms with E-state index in [1.54, 1.807) is 4.90 Å². The van der Waals surface area contributed by atoms with Crippen molar-refractivity contribution in [2.45, 2.75) is 40.2 Å². The van der Waals surface area contributed by atoms with Crippen molar-refractivity contribution >= 4 is 32.6 Å². The average Bonchev–Trinajstić information content (AvgIpc) is 3.36. The van der Waals surface area contributed by atoms with Crippen LogP contribution in [-0.2, 0) is 6.54 Å². The highest BCUT2D eigenvalue weighted by molar-refractivity contribution is 7.22. The lowest BCUT2D eigenvalue weighted by atomic mass is 10.2. The number of unbranched alkanes of at least 4 members (excludes halogenated alkanes) is 1. The number of ether oxygens (including phenoxy) is 1. The number of thiazole rings is 1. The lowest BCUT2D eigenvalue weighted by Crippen LogP contribution is -2.34. The monoisotopic (exact) mass is 448 g/mol. The van der Waals surface area contributed by atoms with Gasteiger partial charge in [-0.2, -0.15) is 5.10 Å². The molecule has 166 valence electrons. The molecule has 0 unspecified atom stereocenters. The third-order valence-electron chi connectivity index (χ3n) is 5.25. The normalized spacial score (nSPS) is 11.1. The number of nitrogens with zero attached hydrogens (tertiary/aromatic N) is 4. The zero-order valence-corrected chi connectivity index (χ0v) is 19.6. The van der Waals surface area contributed by atoms with Crippen molar-refractivity contribution in [3.8, 4) is 5.75 Å². The number of hydrogen-bond donors (Lipinski definition) is 0. The Balaban J connectivity index is 1.62. The molecule has 6 nitrogen and oxygen atoms in total. The maximum atomic E-state index is 13.6.